The van der Waals surface area contributed by atoms with E-state index in [4.69, 9.17) is 9.47 Å². The fraction of sp³-hybridized carbons (Fsp3) is 0.345. The van der Waals surface area contributed by atoms with Crippen LogP contribution in [0.1, 0.15) is 88.2 Å². The number of amides is 3. The second-order valence-electron chi connectivity index (χ2n) is 19.9. The molecule has 0 aromatic heterocycles. The van der Waals surface area contributed by atoms with Crippen LogP contribution in [-0.2, 0) is 49.8 Å². The van der Waals surface area contributed by atoms with Gasteiger partial charge in [-0.2, -0.15) is 0 Å². The minimum atomic E-state index is -0.603. The molecule has 7 aromatic carbocycles. The molecule has 0 spiro atoms. The summed E-state index contributed by atoms with van der Waals surface area (Å²) >= 11 is 0. The molecule has 354 valence electrons. The van der Waals surface area contributed by atoms with Crippen LogP contribution in [0.15, 0.2) is 127 Å². The van der Waals surface area contributed by atoms with Gasteiger partial charge in [-0.3, -0.25) is 14.4 Å². The Morgan fingerprint density at radius 1 is 0.529 bits per heavy atom. The van der Waals surface area contributed by atoms with E-state index in [1.165, 1.54) is 0 Å². The van der Waals surface area contributed by atoms with Crippen LogP contribution in [0.2, 0.25) is 0 Å². The zero-order valence-corrected chi connectivity index (χ0v) is 41.1. The second kappa shape index (κ2) is 21.0. The van der Waals surface area contributed by atoms with Crippen LogP contribution in [0.25, 0.3) is 43.1 Å². The first-order chi connectivity index (χ1) is 32.4. The molecule has 3 amide bonds. The molecule has 1 unspecified atom stereocenters. The van der Waals surface area contributed by atoms with E-state index in [2.05, 4.69) is 84.2 Å². The van der Waals surface area contributed by atoms with E-state index < -0.39 is 11.2 Å². The molecule has 68 heavy (non-hydrogen) atoms. The van der Waals surface area contributed by atoms with Gasteiger partial charge in [0.05, 0.1) is 12.6 Å². The summed E-state index contributed by atoms with van der Waals surface area (Å²) in [6.45, 7) is 12.3. The lowest BCUT2D eigenvalue weighted by Gasteiger charge is -2.31. The first-order valence-corrected chi connectivity index (χ1v) is 23.6. The highest BCUT2D eigenvalue weighted by molar-refractivity contribution is 6.06. The number of carbonyl (C=O) groups is 4. The Kier molecular flexibility index (Phi) is 15.2. The van der Waals surface area contributed by atoms with Crippen molar-refractivity contribution in [3.63, 3.8) is 0 Å². The van der Waals surface area contributed by atoms with E-state index in [1.54, 1.807) is 16.8 Å². The Labute approximate surface area is 401 Å². The van der Waals surface area contributed by atoms with E-state index in [9.17, 15) is 19.2 Å². The van der Waals surface area contributed by atoms with Gasteiger partial charge in [-0.15, -0.1) is 0 Å². The molecule has 1 atom stereocenters. The molecule has 7 rings (SSSR count). The molecule has 7 aromatic rings. The molecule has 0 aliphatic carbocycles. The van der Waals surface area contributed by atoms with Gasteiger partial charge >= 0.3 is 12.1 Å². The van der Waals surface area contributed by atoms with E-state index in [1.807, 2.05) is 109 Å². The lowest BCUT2D eigenvalue weighted by molar-refractivity contribution is -0.153. The summed E-state index contributed by atoms with van der Waals surface area (Å²) in [5.41, 5.74) is 4.01. The standard InChI is InChI=1S/C58H66N4O6/c1-57(2,3)67-54(65)36-59-35-51(55-43-20-12-10-18-41(43)34-42-19-11-13-21-44(42)55)62(9)53(64)33-31-40-28-26-39(27-29-40)30-32-52(63)60(7)37-49-45-22-14-16-24-47(45)50(48-25-17-15-23-46(48)49)38-61(8)56(66)68-58(4,5)6/h10-29,34,51,59H,30-33,35-38H2,1-9H3. The summed E-state index contributed by atoms with van der Waals surface area (Å²) in [5.74, 6) is -0.314. The van der Waals surface area contributed by atoms with Crippen molar-refractivity contribution < 1.29 is 28.7 Å². The Balaban J connectivity index is 1.00. The largest absolute Gasteiger partial charge is 0.459 e. The molecular weight excluding hydrogens is 849 g/mol. The van der Waals surface area contributed by atoms with Gasteiger partial charge in [0.1, 0.15) is 11.2 Å². The van der Waals surface area contributed by atoms with Gasteiger partial charge < -0.3 is 29.5 Å². The molecule has 0 saturated carbocycles. The number of rotatable bonds is 16. The van der Waals surface area contributed by atoms with Crippen molar-refractivity contribution in [3.05, 3.63) is 155 Å². The van der Waals surface area contributed by atoms with Gasteiger partial charge in [-0.1, -0.05) is 121 Å². The van der Waals surface area contributed by atoms with Crippen LogP contribution < -0.4 is 5.32 Å². The van der Waals surface area contributed by atoms with Crippen LogP contribution in [0.3, 0.4) is 0 Å². The number of fused-ring (bicyclic) bond motifs is 4. The third kappa shape index (κ3) is 12.0. The van der Waals surface area contributed by atoms with Crippen LogP contribution in [-0.4, -0.2) is 84.0 Å². The van der Waals surface area contributed by atoms with Crippen LogP contribution in [0.4, 0.5) is 4.79 Å². The number of ether oxygens (including phenoxy) is 2. The molecule has 0 radical (unpaired) electrons. The first-order valence-electron chi connectivity index (χ1n) is 23.6. The van der Waals surface area contributed by atoms with Gasteiger partial charge in [0.25, 0.3) is 0 Å². The minimum absolute atomic E-state index is 0.00729. The summed E-state index contributed by atoms with van der Waals surface area (Å²) in [7, 11) is 5.47. The maximum absolute atomic E-state index is 14.1. The normalized spacial score (nSPS) is 12.3. The zero-order chi connectivity index (χ0) is 48.8. The van der Waals surface area contributed by atoms with Crippen LogP contribution >= 0.6 is 0 Å². The Morgan fingerprint density at radius 3 is 1.40 bits per heavy atom. The maximum Gasteiger partial charge on any atom is 0.410 e. The van der Waals surface area contributed by atoms with Gasteiger partial charge in [0, 0.05) is 53.6 Å². The summed E-state index contributed by atoms with van der Waals surface area (Å²) in [6.07, 6.45) is 1.40. The number of benzene rings is 7. The minimum Gasteiger partial charge on any atom is -0.459 e. The number of nitrogens with zero attached hydrogens (tertiary/aromatic N) is 3. The highest BCUT2D eigenvalue weighted by Crippen LogP contribution is 2.37. The fourth-order valence-electron chi connectivity index (χ4n) is 9.06. The number of hydrogen-bond acceptors (Lipinski definition) is 7. The lowest BCUT2D eigenvalue weighted by Crippen LogP contribution is -2.40. The second-order valence-corrected chi connectivity index (χ2v) is 19.9. The molecule has 10 heteroatoms. The van der Waals surface area contributed by atoms with Crippen molar-refractivity contribution in [3.8, 4) is 0 Å². The average Bonchev–Trinajstić information content (AvgIpc) is 3.30. The highest BCUT2D eigenvalue weighted by Gasteiger charge is 2.27. The monoisotopic (exact) mass is 914 g/mol. The van der Waals surface area contributed by atoms with E-state index in [0.29, 0.717) is 45.3 Å². The number of likely N-dealkylation sites (N-methyl/N-ethyl adjacent to an activating group) is 1. The van der Waals surface area contributed by atoms with Crippen LogP contribution in [0.5, 0.6) is 0 Å². The third-order valence-electron chi connectivity index (χ3n) is 12.4. The smallest absolute Gasteiger partial charge is 0.410 e. The quantitative estimate of drug-likeness (QED) is 0.0760. The Morgan fingerprint density at radius 2 is 0.941 bits per heavy atom. The topological polar surface area (TPSA) is 108 Å². The Bertz CT molecular complexity index is 2840. The van der Waals surface area contributed by atoms with Crippen LogP contribution in [0, 0.1) is 0 Å². The van der Waals surface area contributed by atoms with Crippen molar-refractivity contribution in [2.45, 2.75) is 97.6 Å². The molecule has 0 bridgehead atoms. The zero-order valence-electron chi connectivity index (χ0n) is 41.1. The average molecular weight is 915 g/mol. The van der Waals surface area contributed by atoms with E-state index in [-0.39, 0.29) is 36.5 Å². The molecular formula is C58H66N4O6. The summed E-state index contributed by atoms with van der Waals surface area (Å²) in [5, 5.41) is 11.8. The number of aryl methyl sites for hydroxylation is 2. The van der Waals surface area contributed by atoms with Crippen molar-refractivity contribution in [2.75, 3.05) is 34.2 Å². The van der Waals surface area contributed by atoms with E-state index in [0.717, 1.165) is 70.9 Å². The predicted molar refractivity (Wildman–Crippen MR) is 274 cm³/mol. The molecule has 0 saturated heterocycles. The SMILES string of the molecule is CN(Cc1c2ccccc2c(CN(C)C(=O)OC(C)(C)C)c2ccccc12)C(=O)CCc1ccc(CCC(=O)N(C)C(CNCC(=O)OC(C)(C)C)c2c3ccccc3cc3ccccc23)cc1. The van der Waals surface area contributed by atoms with Gasteiger partial charge in [-0.05, 0) is 131 Å². The summed E-state index contributed by atoms with van der Waals surface area (Å²) in [4.78, 5) is 58.9. The molecule has 0 fully saturated rings. The Hall–Kier alpha value is -6.78. The van der Waals surface area contributed by atoms with Gasteiger partial charge in [0.15, 0.2) is 0 Å². The van der Waals surface area contributed by atoms with Gasteiger partial charge in [-0.25, -0.2) is 4.79 Å². The van der Waals surface area contributed by atoms with Crippen molar-refractivity contribution in [2.24, 2.45) is 0 Å². The predicted octanol–water partition coefficient (Wildman–Crippen LogP) is 11.3. The first kappa shape index (κ1) is 49.1. The fourth-order valence-corrected chi connectivity index (χ4v) is 9.06. The summed E-state index contributed by atoms with van der Waals surface area (Å²) in [6, 6.07) is 42.9. The molecule has 0 aliphatic heterocycles. The highest BCUT2D eigenvalue weighted by atomic mass is 16.6. The third-order valence-corrected chi connectivity index (χ3v) is 12.4. The van der Waals surface area contributed by atoms with Crippen molar-refractivity contribution in [1.82, 2.24) is 20.0 Å². The number of nitrogens with one attached hydrogen (secondary N) is 1. The van der Waals surface area contributed by atoms with Crippen molar-refractivity contribution in [1.29, 1.82) is 0 Å². The number of hydrogen-bond donors (Lipinski definition) is 1. The molecule has 0 heterocycles. The number of esters is 1. The summed E-state index contributed by atoms with van der Waals surface area (Å²) < 4.78 is 11.2. The molecule has 1 N–H and O–H groups in total. The molecule has 0 aliphatic rings. The molecule has 10 nitrogen and oxygen atoms in total. The van der Waals surface area contributed by atoms with E-state index >= 15 is 0 Å². The van der Waals surface area contributed by atoms with Gasteiger partial charge in [0.2, 0.25) is 11.8 Å². The lowest BCUT2D eigenvalue weighted by atomic mass is 9.91. The number of carbonyl (C=O) groups excluding carboxylic acids is 4. The van der Waals surface area contributed by atoms with Crippen molar-refractivity contribution >= 4 is 67.0 Å². The maximum atomic E-state index is 14.1.